The minimum atomic E-state index is -4.64. The second-order valence-corrected chi connectivity index (χ2v) is 5.27. The van der Waals surface area contributed by atoms with Crippen LogP contribution in [0.25, 0.3) is 0 Å². The van der Waals surface area contributed by atoms with Gasteiger partial charge in [0, 0.05) is 5.56 Å². The average Bonchev–Trinajstić information content (AvgIpc) is 2.57. The molecule has 2 N–H and O–H groups in total. The zero-order chi connectivity index (χ0) is 19.3. The lowest BCUT2D eigenvalue weighted by atomic mass is 10.2. The lowest BCUT2D eigenvalue weighted by Gasteiger charge is -2.11. The van der Waals surface area contributed by atoms with E-state index in [1.165, 1.54) is 24.3 Å². The number of benzene rings is 2. The molecule has 0 aliphatic carbocycles. The van der Waals surface area contributed by atoms with Gasteiger partial charge in [-0.05, 0) is 24.3 Å². The molecule has 0 unspecified atom stereocenters. The number of hydrogen-bond donors (Lipinski definition) is 2. The largest absolute Gasteiger partial charge is 0.416 e. The van der Waals surface area contributed by atoms with Crippen molar-refractivity contribution in [2.24, 2.45) is 5.10 Å². The van der Waals surface area contributed by atoms with Gasteiger partial charge >= 0.3 is 18.0 Å². The Labute approximate surface area is 149 Å². The lowest BCUT2D eigenvalue weighted by Crippen LogP contribution is -2.32. The summed E-state index contributed by atoms with van der Waals surface area (Å²) < 4.78 is 51.4. The highest BCUT2D eigenvalue weighted by molar-refractivity contribution is 6.41. The summed E-state index contributed by atoms with van der Waals surface area (Å²) in [5, 5.41) is 5.17. The third-order valence-corrected chi connectivity index (χ3v) is 3.35. The van der Waals surface area contributed by atoms with E-state index < -0.39 is 29.4 Å². The van der Waals surface area contributed by atoms with Crippen LogP contribution in [-0.4, -0.2) is 18.0 Å². The van der Waals surface area contributed by atoms with Gasteiger partial charge in [0.15, 0.2) is 0 Å². The van der Waals surface area contributed by atoms with E-state index in [9.17, 15) is 27.2 Å². The molecule has 0 saturated carbocycles. The number of nitrogens with zero attached hydrogens (tertiary/aromatic N) is 1. The molecular weight excluding hydrogens is 378 g/mol. The van der Waals surface area contributed by atoms with Crippen LogP contribution in [0.1, 0.15) is 11.1 Å². The van der Waals surface area contributed by atoms with Crippen molar-refractivity contribution in [2.75, 3.05) is 5.32 Å². The Morgan fingerprint density at radius 3 is 2.42 bits per heavy atom. The zero-order valence-corrected chi connectivity index (χ0v) is 13.5. The fourth-order valence-electron chi connectivity index (χ4n) is 1.77. The molecule has 0 heterocycles. The monoisotopic (exact) mass is 387 g/mol. The van der Waals surface area contributed by atoms with Crippen LogP contribution in [0.15, 0.2) is 47.6 Å². The highest BCUT2D eigenvalue weighted by Gasteiger charge is 2.31. The molecule has 2 rings (SSSR count). The summed E-state index contributed by atoms with van der Waals surface area (Å²) in [6.07, 6.45) is -3.67. The van der Waals surface area contributed by atoms with Crippen molar-refractivity contribution in [3.8, 4) is 0 Å². The smallest absolute Gasteiger partial charge is 0.316 e. The first-order valence-corrected chi connectivity index (χ1v) is 7.32. The second kappa shape index (κ2) is 7.96. The maximum absolute atomic E-state index is 13.3. The highest BCUT2D eigenvalue weighted by Crippen LogP contribution is 2.33. The Kier molecular flexibility index (Phi) is 5.93. The van der Waals surface area contributed by atoms with Crippen LogP contribution in [-0.2, 0) is 15.8 Å². The molecule has 0 atom stereocenters. The van der Waals surface area contributed by atoms with Gasteiger partial charge in [0.2, 0.25) is 0 Å². The zero-order valence-electron chi connectivity index (χ0n) is 12.8. The van der Waals surface area contributed by atoms with Crippen molar-refractivity contribution in [2.45, 2.75) is 6.18 Å². The first kappa shape index (κ1) is 19.4. The summed E-state index contributed by atoms with van der Waals surface area (Å²) in [7, 11) is 0. The molecular formula is C16H10ClF4N3O2. The molecule has 5 nitrogen and oxygen atoms in total. The summed E-state index contributed by atoms with van der Waals surface area (Å²) in [5.41, 5.74) is 0.458. The SMILES string of the molecule is O=C(NN=Cc1ccccc1F)C(=O)Nc1cc(C(F)(F)F)ccc1Cl. The van der Waals surface area contributed by atoms with E-state index in [4.69, 9.17) is 11.6 Å². The van der Waals surface area contributed by atoms with Crippen molar-refractivity contribution < 1.29 is 27.2 Å². The first-order valence-electron chi connectivity index (χ1n) is 6.94. The molecule has 10 heteroatoms. The Balaban J connectivity index is 2.03. The molecule has 0 aromatic heterocycles. The van der Waals surface area contributed by atoms with E-state index in [0.717, 1.165) is 18.3 Å². The van der Waals surface area contributed by atoms with Gasteiger partial charge in [-0.3, -0.25) is 9.59 Å². The van der Waals surface area contributed by atoms with Crippen LogP contribution in [0.2, 0.25) is 5.02 Å². The van der Waals surface area contributed by atoms with Crippen LogP contribution in [0, 0.1) is 5.82 Å². The van der Waals surface area contributed by atoms with Gasteiger partial charge in [-0.15, -0.1) is 0 Å². The van der Waals surface area contributed by atoms with Crippen molar-refractivity contribution in [3.63, 3.8) is 0 Å². The predicted molar refractivity (Wildman–Crippen MR) is 87.2 cm³/mol. The molecule has 0 aliphatic heterocycles. The summed E-state index contributed by atoms with van der Waals surface area (Å²) in [6.45, 7) is 0. The van der Waals surface area contributed by atoms with Gasteiger partial charge in [-0.25, -0.2) is 9.82 Å². The Morgan fingerprint density at radius 2 is 1.77 bits per heavy atom. The molecule has 0 fully saturated rings. The summed E-state index contributed by atoms with van der Waals surface area (Å²) >= 11 is 5.71. The number of alkyl halides is 3. The van der Waals surface area contributed by atoms with Gasteiger partial charge in [-0.2, -0.15) is 18.3 Å². The van der Waals surface area contributed by atoms with E-state index in [1.54, 1.807) is 0 Å². The molecule has 0 bridgehead atoms. The number of amides is 2. The van der Waals surface area contributed by atoms with Crippen LogP contribution in [0.3, 0.4) is 0 Å². The number of anilines is 1. The molecule has 0 radical (unpaired) electrons. The minimum Gasteiger partial charge on any atom is -0.316 e. The van der Waals surface area contributed by atoms with Crippen LogP contribution in [0.4, 0.5) is 23.2 Å². The molecule has 2 amide bonds. The summed E-state index contributed by atoms with van der Waals surface area (Å²) in [4.78, 5) is 23.3. The van der Waals surface area contributed by atoms with Crippen LogP contribution < -0.4 is 10.7 Å². The quantitative estimate of drug-likeness (QED) is 0.366. The normalized spacial score (nSPS) is 11.4. The maximum Gasteiger partial charge on any atom is 0.416 e. The maximum atomic E-state index is 13.3. The number of nitrogens with one attached hydrogen (secondary N) is 2. The third-order valence-electron chi connectivity index (χ3n) is 3.02. The van der Waals surface area contributed by atoms with Crippen molar-refractivity contribution in [3.05, 3.63) is 64.4 Å². The Hall–Kier alpha value is -2.94. The first-order chi connectivity index (χ1) is 12.2. The molecule has 136 valence electrons. The summed E-state index contributed by atoms with van der Waals surface area (Å²) in [6, 6.07) is 7.81. The second-order valence-electron chi connectivity index (χ2n) is 4.87. The van der Waals surface area contributed by atoms with Gasteiger partial charge in [0.1, 0.15) is 5.82 Å². The lowest BCUT2D eigenvalue weighted by molar-refractivity contribution is -0.137. The standard InChI is InChI=1S/C16H10ClF4N3O2/c17-11-6-5-10(16(19,20)21)7-13(11)23-14(25)15(26)24-22-8-9-3-1-2-4-12(9)18/h1-8H,(H,23,25)(H,24,26). The number of hydrogen-bond acceptors (Lipinski definition) is 3. The van der Waals surface area contributed by atoms with Gasteiger partial charge in [0.05, 0.1) is 22.5 Å². The van der Waals surface area contributed by atoms with Crippen molar-refractivity contribution >= 4 is 35.3 Å². The van der Waals surface area contributed by atoms with E-state index in [-0.39, 0.29) is 16.3 Å². The van der Waals surface area contributed by atoms with Crippen LogP contribution in [0.5, 0.6) is 0 Å². The number of carbonyl (C=O) groups excluding carboxylic acids is 2. The fourth-order valence-corrected chi connectivity index (χ4v) is 1.93. The summed E-state index contributed by atoms with van der Waals surface area (Å²) in [5.74, 6) is -3.16. The Bertz CT molecular complexity index is 869. The van der Waals surface area contributed by atoms with E-state index in [0.29, 0.717) is 6.07 Å². The highest BCUT2D eigenvalue weighted by atomic mass is 35.5. The third kappa shape index (κ3) is 5.03. The topological polar surface area (TPSA) is 70.6 Å². The number of halogens is 5. The number of hydrazone groups is 1. The fraction of sp³-hybridized carbons (Fsp3) is 0.0625. The predicted octanol–water partition coefficient (Wildman–Crippen LogP) is 3.59. The van der Waals surface area contributed by atoms with E-state index in [1.807, 2.05) is 10.7 Å². The molecule has 2 aromatic rings. The van der Waals surface area contributed by atoms with Crippen LogP contribution >= 0.6 is 11.6 Å². The molecule has 26 heavy (non-hydrogen) atoms. The number of carbonyl (C=O) groups is 2. The van der Waals surface area contributed by atoms with E-state index >= 15 is 0 Å². The van der Waals surface area contributed by atoms with Gasteiger partial charge in [0.25, 0.3) is 0 Å². The number of rotatable bonds is 3. The molecule has 0 spiro atoms. The van der Waals surface area contributed by atoms with Crippen molar-refractivity contribution in [1.29, 1.82) is 0 Å². The van der Waals surface area contributed by atoms with Crippen molar-refractivity contribution in [1.82, 2.24) is 5.43 Å². The minimum absolute atomic E-state index is 0.0640. The van der Waals surface area contributed by atoms with Gasteiger partial charge in [-0.1, -0.05) is 29.8 Å². The molecule has 0 saturated heterocycles. The van der Waals surface area contributed by atoms with Gasteiger partial charge < -0.3 is 5.32 Å². The molecule has 0 aliphatic rings. The average molecular weight is 388 g/mol. The Morgan fingerprint density at radius 1 is 1.08 bits per heavy atom. The molecule has 2 aromatic carbocycles. The van der Waals surface area contributed by atoms with E-state index in [2.05, 4.69) is 5.10 Å².